The van der Waals surface area contributed by atoms with Gasteiger partial charge in [-0.1, -0.05) is 18.2 Å². The van der Waals surface area contributed by atoms with Gasteiger partial charge in [-0.25, -0.2) is 0 Å². The minimum Gasteiger partial charge on any atom is -0.339 e. The van der Waals surface area contributed by atoms with Gasteiger partial charge in [-0.3, -0.25) is 4.79 Å². The molecule has 0 aliphatic rings. The third-order valence-corrected chi connectivity index (χ3v) is 3.22. The fraction of sp³-hybridized carbons (Fsp3) is 0. The number of amides is 1. The van der Waals surface area contributed by atoms with Crippen LogP contribution in [0, 0.1) is 11.3 Å². The van der Waals surface area contributed by atoms with Crippen LogP contribution in [0.25, 0.3) is 0 Å². The van der Waals surface area contributed by atoms with Gasteiger partial charge in [-0.2, -0.15) is 5.26 Å². The molecule has 0 spiro atoms. The van der Waals surface area contributed by atoms with Crippen LogP contribution in [0.1, 0.15) is 16.1 Å². The highest BCUT2D eigenvalue weighted by Crippen LogP contribution is 2.15. The van der Waals surface area contributed by atoms with E-state index in [1.54, 1.807) is 48.5 Å². The van der Waals surface area contributed by atoms with Crippen LogP contribution in [0.4, 0.5) is 17.2 Å². The first-order chi connectivity index (χ1) is 11.7. The van der Waals surface area contributed by atoms with Gasteiger partial charge in [0.1, 0.15) is 0 Å². The number of nitrogens with one attached hydrogen (secondary N) is 2. The molecule has 1 amide bonds. The number of benzene rings is 2. The maximum atomic E-state index is 12.1. The second kappa shape index (κ2) is 7.03. The van der Waals surface area contributed by atoms with Crippen LogP contribution in [0.15, 0.2) is 66.7 Å². The molecular formula is C18H13N5O. The number of hydrogen-bond acceptors (Lipinski definition) is 5. The van der Waals surface area contributed by atoms with Crippen LogP contribution in [0.3, 0.4) is 0 Å². The molecule has 6 heteroatoms. The number of anilines is 3. The van der Waals surface area contributed by atoms with Gasteiger partial charge in [0, 0.05) is 11.4 Å². The molecule has 0 bridgehead atoms. The van der Waals surface area contributed by atoms with E-state index < -0.39 is 0 Å². The normalized spacial score (nSPS) is 9.79. The first-order valence-electron chi connectivity index (χ1n) is 7.22. The van der Waals surface area contributed by atoms with Crippen molar-refractivity contribution in [1.82, 2.24) is 10.2 Å². The predicted octanol–water partition coefficient (Wildman–Crippen LogP) is 3.34. The lowest BCUT2D eigenvalue weighted by Crippen LogP contribution is -2.14. The van der Waals surface area contributed by atoms with Gasteiger partial charge in [0.05, 0.1) is 11.6 Å². The van der Waals surface area contributed by atoms with Crippen molar-refractivity contribution >= 4 is 23.1 Å². The first kappa shape index (κ1) is 15.2. The average Bonchev–Trinajstić information content (AvgIpc) is 2.64. The Kier molecular flexibility index (Phi) is 4.45. The van der Waals surface area contributed by atoms with Crippen molar-refractivity contribution in [2.45, 2.75) is 0 Å². The summed E-state index contributed by atoms with van der Waals surface area (Å²) in [6.07, 6.45) is 0. The first-order valence-corrected chi connectivity index (χ1v) is 7.22. The van der Waals surface area contributed by atoms with Gasteiger partial charge in [0.15, 0.2) is 11.5 Å². The second-order valence-electron chi connectivity index (χ2n) is 4.94. The molecule has 24 heavy (non-hydrogen) atoms. The maximum Gasteiger partial charge on any atom is 0.276 e. The fourth-order valence-electron chi connectivity index (χ4n) is 2.01. The van der Waals surface area contributed by atoms with E-state index in [0.29, 0.717) is 17.1 Å². The largest absolute Gasteiger partial charge is 0.339 e. The number of rotatable bonds is 4. The van der Waals surface area contributed by atoms with Gasteiger partial charge in [0.25, 0.3) is 5.91 Å². The summed E-state index contributed by atoms with van der Waals surface area (Å²) in [6, 6.07) is 21.4. The van der Waals surface area contributed by atoms with E-state index in [2.05, 4.69) is 26.9 Å². The Morgan fingerprint density at radius 2 is 1.62 bits per heavy atom. The Labute approximate surface area is 138 Å². The zero-order valence-corrected chi connectivity index (χ0v) is 12.6. The predicted molar refractivity (Wildman–Crippen MR) is 90.9 cm³/mol. The summed E-state index contributed by atoms with van der Waals surface area (Å²) >= 11 is 0. The molecule has 2 N–H and O–H groups in total. The van der Waals surface area contributed by atoms with E-state index in [-0.39, 0.29) is 11.6 Å². The summed E-state index contributed by atoms with van der Waals surface area (Å²) in [4.78, 5) is 12.1. The summed E-state index contributed by atoms with van der Waals surface area (Å²) in [5.74, 6) is 0.189. The Balaban J connectivity index is 1.66. The lowest BCUT2D eigenvalue weighted by Gasteiger charge is -2.06. The summed E-state index contributed by atoms with van der Waals surface area (Å²) < 4.78 is 0. The number of carbonyl (C=O) groups excluding carboxylic acids is 1. The van der Waals surface area contributed by atoms with Crippen molar-refractivity contribution < 1.29 is 4.79 Å². The van der Waals surface area contributed by atoms with Gasteiger partial charge in [-0.05, 0) is 48.5 Å². The molecular weight excluding hydrogens is 302 g/mol. The zero-order chi connectivity index (χ0) is 16.8. The third kappa shape index (κ3) is 3.72. The Morgan fingerprint density at radius 1 is 0.875 bits per heavy atom. The molecule has 116 valence electrons. The molecule has 0 saturated carbocycles. The van der Waals surface area contributed by atoms with E-state index in [4.69, 9.17) is 5.26 Å². The van der Waals surface area contributed by atoms with E-state index in [1.165, 1.54) is 0 Å². The Bertz CT molecular complexity index is 868. The molecule has 0 fully saturated rings. The lowest BCUT2D eigenvalue weighted by atomic mass is 10.2. The second-order valence-corrected chi connectivity index (χ2v) is 4.94. The SMILES string of the molecule is N#Cc1ccc(Nc2ccc(C(=O)Nc3ccccc3)nn2)cc1. The molecule has 0 atom stereocenters. The monoisotopic (exact) mass is 315 g/mol. The highest BCUT2D eigenvalue weighted by atomic mass is 16.1. The van der Waals surface area contributed by atoms with E-state index in [9.17, 15) is 4.79 Å². The van der Waals surface area contributed by atoms with Crippen LogP contribution in [0.2, 0.25) is 0 Å². The van der Waals surface area contributed by atoms with Gasteiger partial charge >= 0.3 is 0 Å². The number of nitrogens with zero attached hydrogens (tertiary/aromatic N) is 3. The minimum atomic E-state index is -0.321. The van der Waals surface area contributed by atoms with E-state index in [1.807, 2.05) is 18.2 Å². The Morgan fingerprint density at radius 3 is 2.25 bits per heavy atom. The van der Waals surface area contributed by atoms with Gasteiger partial charge in [0.2, 0.25) is 0 Å². The van der Waals surface area contributed by atoms with Crippen LogP contribution in [-0.2, 0) is 0 Å². The lowest BCUT2D eigenvalue weighted by molar-refractivity contribution is 0.102. The van der Waals surface area contributed by atoms with E-state index in [0.717, 1.165) is 5.69 Å². The molecule has 6 nitrogen and oxygen atoms in total. The fourth-order valence-corrected chi connectivity index (χ4v) is 2.01. The highest BCUT2D eigenvalue weighted by Gasteiger charge is 2.08. The number of carbonyl (C=O) groups is 1. The van der Waals surface area contributed by atoms with Crippen molar-refractivity contribution in [3.8, 4) is 6.07 Å². The minimum absolute atomic E-state index is 0.226. The van der Waals surface area contributed by atoms with Crippen molar-refractivity contribution in [2.75, 3.05) is 10.6 Å². The quantitative estimate of drug-likeness (QED) is 0.770. The van der Waals surface area contributed by atoms with Crippen LogP contribution in [-0.4, -0.2) is 16.1 Å². The van der Waals surface area contributed by atoms with Gasteiger partial charge in [-0.15, -0.1) is 10.2 Å². The van der Waals surface area contributed by atoms with Crippen molar-refractivity contribution in [1.29, 1.82) is 5.26 Å². The summed E-state index contributed by atoms with van der Waals surface area (Å²) in [5, 5.41) is 22.5. The molecule has 1 aromatic heterocycles. The molecule has 0 radical (unpaired) electrons. The molecule has 3 aromatic rings. The summed E-state index contributed by atoms with van der Waals surface area (Å²) in [5.41, 5.74) is 2.29. The summed E-state index contributed by atoms with van der Waals surface area (Å²) in [6.45, 7) is 0. The molecule has 1 heterocycles. The van der Waals surface area contributed by atoms with Crippen LogP contribution >= 0.6 is 0 Å². The smallest absolute Gasteiger partial charge is 0.276 e. The molecule has 0 saturated heterocycles. The number of hydrogen-bond donors (Lipinski definition) is 2. The highest BCUT2D eigenvalue weighted by molar-refractivity contribution is 6.02. The van der Waals surface area contributed by atoms with Crippen molar-refractivity contribution in [3.05, 3.63) is 78.0 Å². The molecule has 3 rings (SSSR count). The van der Waals surface area contributed by atoms with Crippen LogP contribution < -0.4 is 10.6 Å². The number of para-hydroxylation sites is 1. The molecule has 2 aromatic carbocycles. The topological polar surface area (TPSA) is 90.7 Å². The molecule has 0 aliphatic heterocycles. The zero-order valence-electron chi connectivity index (χ0n) is 12.6. The third-order valence-electron chi connectivity index (χ3n) is 3.22. The number of aromatic nitrogens is 2. The molecule has 0 unspecified atom stereocenters. The van der Waals surface area contributed by atoms with E-state index >= 15 is 0 Å². The standard InChI is InChI=1S/C18H13N5O/c19-12-13-6-8-15(9-7-13)20-17-11-10-16(22-23-17)18(24)21-14-4-2-1-3-5-14/h1-11H,(H,20,23)(H,21,24). The van der Waals surface area contributed by atoms with Crippen LogP contribution in [0.5, 0.6) is 0 Å². The average molecular weight is 315 g/mol. The molecule has 0 aliphatic carbocycles. The Hall–Kier alpha value is -3.72. The maximum absolute atomic E-state index is 12.1. The number of nitriles is 1. The van der Waals surface area contributed by atoms with Gasteiger partial charge < -0.3 is 10.6 Å². The van der Waals surface area contributed by atoms with Crippen molar-refractivity contribution in [3.63, 3.8) is 0 Å². The summed E-state index contributed by atoms with van der Waals surface area (Å²) in [7, 11) is 0. The van der Waals surface area contributed by atoms with Crippen molar-refractivity contribution in [2.24, 2.45) is 0 Å².